The van der Waals surface area contributed by atoms with Gasteiger partial charge >= 0.3 is 6.09 Å². The van der Waals surface area contributed by atoms with E-state index >= 15 is 0 Å². The van der Waals surface area contributed by atoms with Gasteiger partial charge in [0.25, 0.3) is 0 Å². The summed E-state index contributed by atoms with van der Waals surface area (Å²) in [4.78, 5) is 22.7. The number of carbonyl (C=O) groups is 1. The molecule has 1 amide bonds. The molecule has 0 aromatic heterocycles. The molecule has 1 aromatic carbocycles. The van der Waals surface area contributed by atoms with Crippen molar-refractivity contribution in [1.82, 2.24) is 5.32 Å². The number of nitrogens with zero attached hydrogens (tertiary/aromatic N) is 1. The lowest BCUT2D eigenvalue weighted by atomic mass is 10.2. The maximum absolute atomic E-state index is 13.3. The number of hydrogen-bond donors (Lipinski definition) is 1. The van der Waals surface area contributed by atoms with Gasteiger partial charge in [0.2, 0.25) is 0 Å². The molecule has 0 saturated heterocycles. The van der Waals surface area contributed by atoms with Crippen LogP contribution < -0.4 is 10.1 Å². The smallest absolute Gasteiger partial charge is 0.408 e. The van der Waals surface area contributed by atoms with Crippen LogP contribution in [0.4, 0.5) is 14.9 Å². The summed E-state index contributed by atoms with van der Waals surface area (Å²) in [6.07, 6.45) is 1.39. The third kappa shape index (κ3) is 4.91. The predicted molar refractivity (Wildman–Crippen MR) is 83.3 cm³/mol. The Morgan fingerprint density at radius 3 is 2.74 bits per heavy atom. The van der Waals surface area contributed by atoms with Gasteiger partial charge in [-0.3, -0.25) is 0 Å². The monoisotopic (exact) mass is 324 g/mol. The molecule has 7 heteroatoms. The lowest BCUT2D eigenvalue weighted by Crippen LogP contribution is -2.44. The first-order valence-corrected chi connectivity index (χ1v) is 7.57. The molecule has 0 radical (unpaired) electrons. The standard InChI is InChI=1S/C16H21FN2O4/c1-16(2,3)23-15(20)18-11-5-4-6-13(11)22-14-9-10(17)7-8-12(14)19-21/h7-9,11,13H,4-6H2,1-3H3,(H,18,20). The summed E-state index contributed by atoms with van der Waals surface area (Å²) in [6.45, 7) is 5.35. The van der Waals surface area contributed by atoms with Crippen molar-refractivity contribution >= 4 is 11.8 Å². The van der Waals surface area contributed by atoms with Gasteiger partial charge in [0.05, 0.1) is 6.04 Å². The van der Waals surface area contributed by atoms with E-state index in [-0.39, 0.29) is 23.6 Å². The molecule has 2 atom stereocenters. The molecule has 2 rings (SSSR count). The van der Waals surface area contributed by atoms with E-state index < -0.39 is 17.5 Å². The second kappa shape index (κ2) is 6.93. The molecular weight excluding hydrogens is 303 g/mol. The van der Waals surface area contributed by atoms with E-state index in [2.05, 4.69) is 10.5 Å². The van der Waals surface area contributed by atoms with E-state index in [0.717, 1.165) is 25.0 Å². The molecule has 0 aliphatic heterocycles. The van der Waals surface area contributed by atoms with Crippen LogP contribution in [0.2, 0.25) is 0 Å². The van der Waals surface area contributed by atoms with Gasteiger partial charge in [-0.15, -0.1) is 4.91 Å². The van der Waals surface area contributed by atoms with Crippen molar-refractivity contribution in [1.29, 1.82) is 0 Å². The van der Waals surface area contributed by atoms with Gasteiger partial charge in [0.1, 0.15) is 23.2 Å². The van der Waals surface area contributed by atoms with Crippen molar-refractivity contribution < 1.29 is 18.7 Å². The number of hydrogen-bond acceptors (Lipinski definition) is 5. The molecule has 1 aromatic rings. The highest BCUT2D eigenvalue weighted by Gasteiger charge is 2.32. The topological polar surface area (TPSA) is 77.0 Å². The first-order chi connectivity index (χ1) is 10.8. The van der Waals surface area contributed by atoms with Crippen LogP contribution in [0.1, 0.15) is 40.0 Å². The summed E-state index contributed by atoms with van der Waals surface area (Å²) in [5.41, 5.74) is -0.551. The van der Waals surface area contributed by atoms with E-state index in [1.54, 1.807) is 20.8 Å². The summed E-state index contributed by atoms with van der Waals surface area (Å²) < 4.78 is 24.3. The summed E-state index contributed by atoms with van der Waals surface area (Å²) in [5.74, 6) is -0.426. The van der Waals surface area contributed by atoms with Gasteiger partial charge in [-0.1, -0.05) is 0 Å². The Balaban J connectivity index is 2.03. The largest absolute Gasteiger partial charge is 0.486 e. The molecule has 6 nitrogen and oxygen atoms in total. The second-order valence-corrected chi connectivity index (χ2v) is 6.54. The fourth-order valence-corrected chi connectivity index (χ4v) is 2.51. The highest BCUT2D eigenvalue weighted by molar-refractivity contribution is 5.68. The van der Waals surface area contributed by atoms with Crippen LogP contribution in [0.3, 0.4) is 0 Å². The molecule has 1 aliphatic carbocycles. The maximum atomic E-state index is 13.3. The number of rotatable bonds is 4. The fraction of sp³-hybridized carbons (Fsp3) is 0.562. The van der Waals surface area contributed by atoms with Crippen molar-refractivity contribution in [2.45, 2.75) is 57.8 Å². The Labute approximate surface area is 134 Å². The van der Waals surface area contributed by atoms with Crippen molar-refractivity contribution in [3.63, 3.8) is 0 Å². The summed E-state index contributed by atoms with van der Waals surface area (Å²) in [7, 11) is 0. The molecule has 2 unspecified atom stereocenters. The number of halogens is 1. The van der Waals surface area contributed by atoms with Gasteiger partial charge in [0.15, 0.2) is 5.75 Å². The number of carbonyl (C=O) groups excluding carboxylic acids is 1. The highest BCUT2D eigenvalue weighted by Crippen LogP contribution is 2.32. The molecule has 1 fully saturated rings. The van der Waals surface area contributed by atoms with Crippen LogP contribution in [-0.2, 0) is 4.74 Å². The zero-order valence-corrected chi connectivity index (χ0v) is 13.5. The third-order valence-electron chi connectivity index (χ3n) is 3.45. The number of benzene rings is 1. The quantitative estimate of drug-likeness (QED) is 0.848. The minimum absolute atomic E-state index is 0.0364. The molecule has 0 spiro atoms. The lowest BCUT2D eigenvalue weighted by Gasteiger charge is -2.25. The Kier molecular flexibility index (Phi) is 5.18. The van der Waals surface area contributed by atoms with E-state index in [4.69, 9.17) is 9.47 Å². The molecule has 126 valence electrons. The van der Waals surface area contributed by atoms with Crippen molar-refractivity contribution in [2.24, 2.45) is 5.18 Å². The molecule has 1 saturated carbocycles. The number of alkyl carbamates (subject to hydrolysis) is 1. The molecule has 1 N–H and O–H groups in total. The van der Waals surface area contributed by atoms with E-state index in [1.165, 1.54) is 6.07 Å². The first kappa shape index (κ1) is 17.2. The first-order valence-electron chi connectivity index (χ1n) is 7.57. The lowest BCUT2D eigenvalue weighted by molar-refractivity contribution is 0.0464. The molecule has 1 aliphatic rings. The number of nitroso groups, excluding NO2 is 1. The second-order valence-electron chi connectivity index (χ2n) is 6.54. The van der Waals surface area contributed by atoms with Crippen LogP contribution in [0.5, 0.6) is 5.75 Å². The summed E-state index contributed by atoms with van der Waals surface area (Å²) in [6, 6.07) is 3.28. The zero-order valence-electron chi connectivity index (χ0n) is 13.5. The van der Waals surface area contributed by atoms with Gasteiger partial charge in [0, 0.05) is 6.07 Å². The van der Waals surface area contributed by atoms with Crippen molar-refractivity contribution in [3.05, 3.63) is 28.9 Å². The Morgan fingerprint density at radius 2 is 2.09 bits per heavy atom. The fourth-order valence-electron chi connectivity index (χ4n) is 2.51. The highest BCUT2D eigenvalue weighted by atomic mass is 19.1. The maximum Gasteiger partial charge on any atom is 0.408 e. The van der Waals surface area contributed by atoms with Crippen LogP contribution >= 0.6 is 0 Å². The van der Waals surface area contributed by atoms with Gasteiger partial charge in [-0.2, -0.15) is 0 Å². The van der Waals surface area contributed by atoms with E-state index in [9.17, 15) is 14.1 Å². The van der Waals surface area contributed by atoms with Crippen LogP contribution in [-0.4, -0.2) is 23.8 Å². The summed E-state index contributed by atoms with van der Waals surface area (Å²) >= 11 is 0. The average molecular weight is 324 g/mol. The van der Waals surface area contributed by atoms with E-state index in [1.807, 2.05) is 0 Å². The minimum Gasteiger partial charge on any atom is -0.486 e. The average Bonchev–Trinajstić information content (AvgIpc) is 2.84. The number of amides is 1. The predicted octanol–water partition coefficient (Wildman–Crippen LogP) is 4.05. The van der Waals surface area contributed by atoms with E-state index in [0.29, 0.717) is 6.42 Å². The van der Waals surface area contributed by atoms with Crippen LogP contribution in [0, 0.1) is 10.7 Å². The molecule has 0 heterocycles. The van der Waals surface area contributed by atoms with Crippen LogP contribution in [0.15, 0.2) is 23.4 Å². The normalized spacial score (nSPS) is 20.9. The minimum atomic E-state index is -0.587. The van der Waals surface area contributed by atoms with Gasteiger partial charge in [-0.05, 0) is 57.3 Å². The number of ether oxygens (including phenoxy) is 2. The molecular formula is C16H21FN2O4. The molecule has 23 heavy (non-hydrogen) atoms. The Morgan fingerprint density at radius 1 is 1.35 bits per heavy atom. The molecule has 0 bridgehead atoms. The van der Waals surface area contributed by atoms with Gasteiger partial charge < -0.3 is 14.8 Å². The number of nitrogens with one attached hydrogen (secondary N) is 1. The zero-order chi connectivity index (χ0) is 17.0. The van der Waals surface area contributed by atoms with Gasteiger partial charge in [-0.25, -0.2) is 9.18 Å². The van der Waals surface area contributed by atoms with Crippen LogP contribution in [0.25, 0.3) is 0 Å². The third-order valence-corrected chi connectivity index (χ3v) is 3.45. The van der Waals surface area contributed by atoms with Crippen molar-refractivity contribution in [3.8, 4) is 5.75 Å². The Bertz CT molecular complexity index is 586. The SMILES string of the molecule is CC(C)(C)OC(=O)NC1CCCC1Oc1cc(F)ccc1N=O. The Hall–Kier alpha value is -2.18. The van der Waals surface area contributed by atoms with Crippen molar-refractivity contribution in [2.75, 3.05) is 0 Å². The summed E-state index contributed by atoms with van der Waals surface area (Å²) in [5, 5.41) is 5.60.